The van der Waals surface area contributed by atoms with Crippen molar-refractivity contribution >= 4 is 41.7 Å². The molecule has 0 bridgehead atoms. The van der Waals surface area contributed by atoms with E-state index in [4.69, 9.17) is 33.2 Å². The van der Waals surface area contributed by atoms with Crippen molar-refractivity contribution in [3.63, 3.8) is 0 Å². The van der Waals surface area contributed by atoms with Crippen LogP contribution >= 0.6 is 0 Å². The highest BCUT2D eigenvalue weighted by Gasteiger charge is 2.68. The van der Waals surface area contributed by atoms with Crippen LogP contribution in [0.4, 0.5) is 0 Å². The number of piperidine rings is 1. The second kappa shape index (κ2) is 12.9. The first kappa shape index (κ1) is 31.5. The van der Waals surface area contributed by atoms with Gasteiger partial charge >= 0.3 is 35.8 Å². The van der Waals surface area contributed by atoms with Crippen LogP contribution in [0, 0.1) is 0 Å². The highest BCUT2D eigenvalue weighted by atomic mass is 16.7. The van der Waals surface area contributed by atoms with Crippen LogP contribution in [0.15, 0.2) is 0 Å². The second-order valence-electron chi connectivity index (χ2n) is 9.17. The maximum Gasteiger partial charge on any atom is 0.303 e. The monoisotopic (exact) mass is 559 g/mol. The number of hydrogen-bond donors (Lipinski definition) is 0. The van der Waals surface area contributed by atoms with E-state index in [0.29, 0.717) is 0 Å². The predicted octanol–water partition coefficient (Wildman–Crippen LogP) is -0.792. The van der Waals surface area contributed by atoms with Gasteiger partial charge in [-0.05, 0) is 0 Å². The number of nitrogens with zero attached hydrogens (tertiary/aromatic N) is 1. The molecule has 15 heteroatoms. The zero-order valence-electron chi connectivity index (χ0n) is 22.7. The summed E-state index contributed by atoms with van der Waals surface area (Å²) in [5, 5.41) is 0. The zero-order chi connectivity index (χ0) is 29.7. The molecule has 2 aliphatic heterocycles. The van der Waals surface area contributed by atoms with Crippen molar-refractivity contribution in [2.24, 2.45) is 0 Å². The molecule has 0 aromatic heterocycles. The van der Waals surface area contributed by atoms with E-state index in [2.05, 4.69) is 0 Å². The van der Waals surface area contributed by atoms with Crippen LogP contribution in [0.2, 0.25) is 0 Å². The average molecular weight is 560 g/mol. The molecule has 0 aromatic carbocycles. The lowest BCUT2D eigenvalue weighted by Crippen LogP contribution is -2.79. The van der Waals surface area contributed by atoms with Gasteiger partial charge < -0.3 is 38.1 Å². The molecule has 2 fully saturated rings. The van der Waals surface area contributed by atoms with Crippen molar-refractivity contribution in [2.75, 3.05) is 19.7 Å². The molecule has 0 unspecified atom stereocenters. The maximum absolute atomic E-state index is 12.6. The minimum Gasteiger partial charge on any atom is -0.463 e. The largest absolute Gasteiger partial charge is 0.463 e. The van der Waals surface area contributed by atoms with Crippen LogP contribution in [0.25, 0.3) is 0 Å². The number of likely N-dealkylation sites (tertiary alicyclic amines) is 1. The molecule has 0 aliphatic carbocycles. The Balaban J connectivity index is 2.87. The van der Waals surface area contributed by atoms with E-state index in [0.717, 1.165) is 41.5 Å². The Morgan fingerprint density at radius 2 is 1.15 bits per heavy atom. The van der Waals surface area contributed by atoms with Crippen molar-refractivity contribution < 1.29 is 66.7 Å². The van der Waals surface area contributed by atoms with Gasteiger partial charge in [0.15, 0.2) is 36.1 Å². The van der Waals surface area contributed by atoms with Gasteiger partial charge in [-0.3, -0.25) is 33.6 Å². The van der Waals surface area contributed by atoms with E-state index in [-0.39, 0.29) is 6.54 Å². The SMILES string of the molecule is CC(=O)OC[C@H]1O[C@]2(CN(C(C)=O)C[C@@H](OC(C)=O)[C@H]2OC(C)=O)[C@H](OC(C)=O)[C@@H](OC(C)=O)[C@@H]1OC(C)=O. The molecule has 2 heterocycles. The smallest absolute Gasteiger partial charge is 0.303 e. The summed E-state index contributed by atoms with van der Waals surface area (Å²) in [5.74, 6) is -5.49. The Morgan fingerprint density at radius 3 is 1.62 bits per heavy atom. The molecule has 15 nitrogen and oxygen atoms in total. The Hall–Kier alpha value is -3.75. The molecule has 0 radical (unpaired) electrons. The van der Waals surface area contributed by atoms with E-state index in [1.54, 1.807) is 0 Å². The molecular formula is C24H33NO14. The molecular weight excluding hydrogens is 526 g/mol. The number of ether oxygens (including phenoxy) is 7. The van der Waals surface area contributed by atoms with Crippen LogP contribution in [-0.4, -0.2) is 109 Å². The van der Waals surface area contributed by atoms with Crippen LogP contribution in [0.1, 0.15) is 48.5 Å². The number of hydrogen-bond acceptors (Lipinski definition) is 14. The number of carbonyl (C=O) groups excluding carboxylic acids is 7. The zero-order valence-corrected chi connectivity index (χ0v) is 22.7. The fourth-order valence-electron chi connectivity index (χ4n) is 4.75. The molecule has 2 rings (SSSR count). The number of esters is 6. The third-order valence-electron chi connectivity index (χ3n) is 5.90. The highest BCUT2D eigenvalue weighted by molar-refractivity contribution is 5.74. The Bertz CT molecular complexity index is 1010. The Labute approximate surface area is 224 Å². The molecule has 218 valence electrons. The van der Waals surface area contributed by atoms with Crippen LogP contribution in [-0.2, 0) is 66.7 Å². The molecule has 7 atom stereocenters. The van der Waals surface area contributed by atoms with Crippen molar-refractivity contribution in [1.29, 1.82) is 0 Å². The summed E-state index contributed by atoms with van der Waals surface area (Å²) in [6, 6.07) is 0. The minimum absolute atomic E-state index is 0.231. The summed E-state index contributed by atoms with van der Waals surface area (Å²) >= 11 is 0. The first-order valence-electron chi connectivity index (χ1n) is 12.0. The van der Waals surface area contributed by atoms with Crippen LogP contribution in [0.5, 0.6) is 0 Å². The summed E-state index contributed by atoms with van der Waals surface area (Å²) < 4.78 is 38.8. The molecule has 2 aliphatic rings. The first-order valence-corrected chi connectivity index (χ1v) is 12.0. The summed E-state index contributed by atoms with van der Waals surface area (Å²) in [6.45, 7) is 6.45. The summed E-state index contributed by atoms with van der Waals surface area (Å²) in [5.41, 5.74) is -2.07. The normalized spacial score (nSPS) is 30.0. The van der Waals surface area contributed by atoms with Gasteiger partial charge in [-0.15, -0.1) is 0 Å². The predicted molar refractivity (Wildman–Crippen MR) is 124 cm³/mol. The highest BCUT2D eigenvalue weighted by Crippen LogP contribution is 2.43. The second-order valence-corrected chi connectivity index (χ2v) is 9.17. The van der Waals surface area contributed by atoms with E-state index in [1.165, 1.54) is 11.8 Å². The Kier molecular flexibility index (Phi) is 10.4. The van der Waals surface area contributed by atoms with Gasteiger partial charge in [0.25, 0.3) is 0 Å². The molecule has 2 saturated heterocycles. The molecule has 0 aromatic rings. The lowest BCUT2D eigenvalue weighted by molar-refractivity contribution is -0.326. The molecule has 0 saturated carbocycles. The third-order valence-corrected chi connectivity index (χ3v) is 5.90. The van der Waals surface area contributed by atoms with E-state index >= 15 is 0 Å². The molecule has 0 N–H and O–H groups in total. The summed E-state index contributed by atoms with van der Waals surface area (Å²) in [7, 11) is 0. The number of amides is 1. The topological polar surface area (TPSA) is 187 Å². The summed E-state index contributed by atoms with van der Waals surface area (Å²) in [4.78, 5) is 86.2. The van der Waals surface area contributed by atoms with Gasteiger partial charge in [0.2, 0.25) is 5.91 Å². The fraction of sp³-hybridized carbons (Fsp3) is 0.708. The quantitative estimate of drug-likeness (QED) is 0.279. The van der Waals surface area contributed by atoms with Crippen molar-refractivity contribution in [2.45, 2.75) is 90.7 Å². The molecule has 39 heavy (non-hydrogen) atoms. The summed E-state index contributed by atoms with van der Waals surface area (Å²) in [6.07, 6.45) is -9.03. The Morgan fingerprint density at radius 1 is 0.667 bits per heavy atom. The van der Waals surface area contributed by atoms with Gasteiger partial charge in [0, 0.05) is 48.5 Å². The van der Waals surface area contributed by atoms with Gasteiger partial charge in [0.1, 0.15) is 12.7 Å². The number of rotatable bonds is 7. The van der Waals surface area contributed by atoms with Crippen molar-refractivity contribution in [3.8, 4) is 0 Å². The average Bonchev–Trinajstić information content (AvgIpc) is 2.77. The van der Waals surface area contributed by atoms with Gasteiger partial charge in [-0.1, -0.05) is 0 Å². The van der Waals surface area contributed by atoms with Crippen molar-refractivity contribution in [1.82, 2.24) is 4.90 Å². The van der Waals surface area contributed by atoms with Crippen LogP contribution in [0.3, 0.4) is 0 Å². The lowest BCUT2D eigenvalue weighted by Gasteiger charge is -2.57. The van der Waals surface area contributed by atoms with Crippen LogP contribution < -0.4 is 0 Å². The lowest BCUT2D eigenvalue weighted by atomic mass is 9.75. The van der Waals surface area contributed by atoms with Gasteiger partial charge in [-0.2, -0.15) is 0 Å². The maximum atomic E-state index is 12.6. The minimum atomic E-state index is -2.07. The standard InChI is InChI=1S/C24H33NO14/c1-11(26)25-8-18(34-13(3)28)22(37-16(6)31)24(10-25)23(38-17(7)32)21(36-15(5)30)20(35-14(4)29)19(39-24)9-33-12(2)27/h18-23H,8-10H2,1-7H3/t18-,19-,20-,21+,22-,23-,24+/m1/s1. The van der Waals surface area contributed by atoms with Crippen molar-refractivity contribution in [3.05, 3.63) is 0 Å². The van der Waals surface area contributed by atoms with E-state index in [1.807, 2.05) is 0 Å². The molecule has 1 amide bonds. The van der Waals surface area contributed by atoms with E-state index < -0.39 is 97.1 Å². The van der Waals surface area contributed by atoms with Gasteiger partial charge in [-0.25, -0.2) is 0 Å². The number of carbonyl (C=O) groups is 7. The fourth-order valence-corrected chi connectivity index (χ4v) is 4.75. The first-order chi connectivity index (χ1) is 18.1. The van der Waals surface area contributed by atoms with E-state index in [9.17, 15) is 33.6 Å². The molecule has 1 spiro atoms. The third kappa shape index (κ3) is 7.88. The van der Waals surface area contributed by atoms with Gasteiger partial charge in [0.05, 0.1) is 13.1 Å².